The van der Waals surface area contributed by atoms with Gasteiger partial charge in [0, 0.05) is 11.1 Å². The van der Waals surface area contributed by atoms with Crippen molar-refractivity contribution in [2.24, 2.45) is 0 Å². The van der Waals surface area contributed by atoms with Gasteiger partial charge in [0.2, 0.25) is 0 Å². The molecule has 1 aromatic heterocycles. The average Bonchev–Trinajstić information content (AvgIpc) is 3.34. The first-order valence-electron chi connectivity index (χ1n) is 9.62. The Bertz CT molecular complexity index is 995. The van der Waals surface area contributed by atoms with Gasteiger partial charge < -0.3 is 4.74 Å². The fourth-order valence-corrected chi connectivity index (χ4v) is 5.02. The van der Waals surface area contributed by atoms with Crippen LogP contribution >= 0.6 is 27.3 Å². The lowest BCUT2D eigenvalue weighted by Crippen LogP contribution is -2.37. The third-order valence-electron chi connectivity index (χ3n) is 5.05. The molecule has 0 bridgehead atoms. The summed E-state index contributed by atoms with van der Waals surface area (Å²) < 4.78 is 7.73. The summed E-state index contributed by atoms with van der Waals surface area (Å²) in [5.74, 6) is 0.331. The summed E-state index contributed by atoms with van der Waals surface area (Å²) in [4.78, 5) is 20.2. The van der Waals surface area contributed by atoms with Crippen molar-refractivity contribution in [2.75, 3.05) is 18.1 Å². The highest BCUT2D eigenvalue weighted by Gasteiger charge is 2.28. The van der Waals surface area contributed by atoms with Crippen molar-refractivity contribution >= 4 is 48.5 Å². The molecule has 0 N–H and O–H groups in total. The number of amides is 1. The summed E-state index contributed by atoms with van der Waals surface area (Å²) >= 11 is 5.09. The van der Waals surface area contributed by atoms with Crippen LogP contribution in [0.25, 0.3) is 10.2 Å². The number of aromatic nitrogens is 1. The van der Waals surface area contributed by atoms with Gasteiger partial charge in [0.15, 0.2) is 5.13 Å². The molecule has 2 aromatic carbocycles. The molecule has 0 spiro atoms. The predicted octanol–water partition coefficient (Wildman–Crippen LogP) is 6.01. The quantitative estimate of drug-likeness (QED) is 0.470. The van der Waals surface area contributed by atoms with Crippen LogP contribution in [0.4, 0.5) is 5.13 Å². The highest BCUT2D eigenvalue weighted by molar-refractivity contribution is 9.10. The highest BCUT2D eigenvalue weighted by atomic mass is 79.9. The lowest BCUT2D eigenvalue weighted by atomic mass is 10.0. The number of carbonyl (C=O) groups excluding carboxylic acids is 1. The molecular weight excluding hydrogens is 436 g/mol. The molecule has 0 saturated carbocycles. The molecule has 1 aliphatic rings. The Morgan fingerprint density at radius 3 is 2.82 bits per heavy atom. The molecule has 4 rings (SSSR count). The van der Waals surface area contributed by atoms with Crippen molar-refractivity contribution in [3.63, 3.8) is 0 Å². The normalized spacial score (nSPS) is 16.8. The minimum absolute atomic E-state index is 0.0480. The number of halogens is 1. The molecule has 146 valence electrons. The number of hydrogen-bond acceptors (Lipinski definition) is 4. The maximum atomic E-state index is 13.5. The third kappa shape index (κ3) is 3.86. The van der Waals surface area contributed by atoms with Crippen molar-refractivity contribution in [1.29, 1.82) is 0 Å². The van der Waals surface area contributed by atoms with E-state index in [1.165, 1.54) is 5.56 Å². The molecule has 1 unspecified atom stereocenters. The van der Waals surface area contributed by atoms with E-state index in [4.69, 9.17) is 9.72 Å². The van der Waals surface area contributed by atoms with Crippen LogP contribution in [0.2, 0.25) is 0 Å². The summed E-state index contributed by atoms with van der Waals surface area (Å²) in [5.41, 5.74) is 2.85. The number of thiazole rings is 1. The zero-order valence-corrected chi connectivity index (χ0v) is 18.4. The lowest BCUT2D eigenvalue weighted by Gasteiger charge is -2.23. The van der Waals surface area contributed by atoms with E-state index in [0.29, 0.717) is 18.0 Å². The topological polar surface area (TPSA) is 42.4 Å². The van der Waals surface area contributed by atoms with Gasteiger partial charge in [0.25, 0.3) is 5.91 Å². The smallest absolute Gasteiger partial charge is 0.261 e. The minimum atomic E-state index is -0.0480. The number of carbonyl (C=O) groups is 1. The second-order valence-electron chi connectivity index (χ2n) is 7.38. The molecule has 1 saturated heterocycles. The van der Waals surface area contributed by atoms with Gasteiger partial charge in [-0.2, -0.15) is 0 Å². The van der Waals surface area contributed by atoms with Gasteiger partial charge in [-0.25, -0.2) is 4.98 Å². The Morgan fingerprint density at radius 2 is 2.11 bits per heavy atom. The molecular formula is C22H23BrN2O2S. The van der Waals surface area contributed by atoms with E-state index in [2.05, 4.69) is 48.0 Å². The van der Waals surface area contributed by atoms with Crippen molar-refractivity contribution in [1.82, 2.24) is 4.98 Å². The summed E-state index contributed by atoms with van der Waals surface area (Å²) in [6, 6.07) is 13.8. The number of anilines is 1. The van der Waals surface area contributed by atoms with E-state index in [1.54, 1.807) is 16.2 Å². The monoisotopic (exact) mass is 458 g/mol. The Morgan fingerprint density at radius 1 is 1.29 bits per heavy atom. The Hall–Kier alpha value is -1.76. The van der Waals surface area contributed by atoms with Crippen LogP contribution in [-0.2, 0) is 4.74 Å². The van der Waals surface area contributed by atoms with E-state index in [1.807, 2.05) is 24.3 Å². The van der Waals surface area contributed by atoms with Gasteiger partial charge in [-0.05, 0) is 58.5 Å². The second-order valence-corrected chi connectivity index (χ2v) is 9.24. The minimum Gasteiger partial charge on any atom is -0.376 e. The van der Waals surface area contributed by atoms with Gasteiger partial charge in [-0.3, -0.25) is 9.69 Å². The first-order chi connectivity index (χ1) is 13.5. The molecule has 3 aromatic rings. The number of benzene rings is 2. The molecule has 28 heavy (non-hydrogen) atoms. The zero-order chi connectivity index (χ0) is 19.7. The van der Waals surface area contributed by atoms with E-state index >= 15 is 0 Å². The van der Waals surface area contributed by atoms with E-state index in [9.17, 15) is 4.79 Å². The van der Waals surface area contributed by atoms with Crippen molar-refractivity contribution < 1.29 is 9.53 Å². The predicted molar refractivity (Wildman–Crippen MR) is 119 cm³/mol. The molecule has 1 aliphatic heterocycles. The van der Waals surface area contributed by atoms with Crippen LogP contribution in [-0.4, -0.2) is 30.1 Å². The van der Waals surface area contributed by atoms with Crippen LogP contribution in [0.5, 0.6) is 0 Å². The number of ether oxygens (including phenoxy) is 1. The van der Waals surface area contributed by atoms with Crippen molar-refractivity contribution in [3.8, 4) is 0 Å². The van der Waals surface area contributed by atoms with Gasteiger partial charge in [0.1, 0.15) is 0 Å². The Balaban J connectivity index is 1.77. The van der Waals surface area contributed by atoms with E-state index in [-0.39, 0.29) is 12.0 Å². The lowest BCUT2D eigenvalue weighted by molar-refractivity contribution is 0.0917. The summed E-state index contributed by atoms with van der Waals surface area (Å²) in [6.07, 6.45) is 2.07. The van der Waals surface area contributed by atoms with Crippen LogP contribution in [0.15, 0.2) is 46.9 Å². The Labute approximate surface area is 177 Å². The fraction of sp³-hybridized carbons (Fsp3) is 0.364. The number of rotatable bonds is 5. The summed E-state index contributed by atoms with van der Waals surface area (Å²) in [7, 11) is 0. The third-order valence-corrected chi connectivity index (χ3v) is 6.79. The van der Waals surface area contributed by atoms with Crippen molar-refractivity contribution in [3.05, 3.63) is 58.1 Å². The van der Waals surface area contributed by atoms with Crippen LogP contribution < -0.4 is 4.90 Å². The van der Waals surface area contributed by atoms with Gasteiger partial charge in [-0.15, -0.1) is 0 Å². The van der Waals surface area contributed by atoms with E-state index in [0.717, 1.165) is 39.3 Å². The van der Waals surface area contributed by atoms with Crippen molar-refractivity contribution in [2.45, 2.75) is 38.7 Å². The van der Waals surface area contributed by atoms with Crippen LogP contribution in [0.3, 0.4) is 0 Å². The van der Waals surface area contributed by atoms with Crippen LogP contribution in [0.1, 0.15) is 48.5 Å². The van der Waals surface area contributed by atoms with Crippen LogP contribution in [0, 0.1) is 0 Å². The molecule has 2 heterocycles. The summed E-state index contributed by atoms with van der Waals surface area (Å²) in [6.45, 7) is 5.63. The molecule has 0 radical (unpaired) electrons. The summed E-state index contributed by atoms with van der Waals surface area (Å²) in [5, 5.41) is 0.736. The molecule has 1 fully saturated rings. The molecule has 0 aliphatic carbocycles. The van der Waals surface area contributed by atoms with Gasteiger partial charge in [-0.1, -0.05) is 49.4 Å². The number of nitrogens with zero attached hydrogens (tertiary/aromatic N) is 2. The molecule has 1 amide bonds. The average molecular weight is 459 g/mol. The second kappa shape index (κ2) is 8.31. The molecule has 4 nitrogen and oxygen atoms in total. The van der Waals surface area contributed by atoms with Gasteiger partial charge >= 0.3 is 0 Å². The first-order valence-corrected chi connectivity index (χ1v) is 11.2. The largest absolute Gasteiger partial charge is 0.376 e. The zero-order valence-electron chi connectivity index (χ0n) is 16.0. The standard InChI is InChI=1S/C22H23BrN2O2S/c1-14(2)16-9-5-11-19-20(16)24-22(28-19)25(13-15-7-6-12-27-15)21(26)17-8-3-4-10-18(17)23/h3-5,8-11,14-15H,6-7,12-13H2,1-2H3. The van der Waals surface area contributed by atoms with Gasteiger partial charge in [0.05, 0.1) is 28.4 Å². The number of fused-ring (bicyclic) bond motifs is 1. The Kier molecular flexibility index (Phi) is 5.80. The highest BCUT2D eigenvalue weighted by Crippen LogP contribution is 2.35. The number of hydrogen-bond donors (Lipinski definition) is 0. The molecule has 6 heteroatoms. The molecule has 1 atom stereocenters. The number of para-hydroxylation sites is 1. The fourth-order valence-electron chi connectivity index (χ4n) is 3.56. The van der Waals surface area contributed by atoms with E-state index < -0.39 is 0 Å². The first kappa shape index (κ1) is 19.6. The SMILES string of the molecule is CC(C)c1cccc2sc(N(CC3CCCO3)C(=O)c3ccccc3Br)nc12. The maximum absolute atomic E-state index is 13.5. The maximum Gasteiger partial charge on any atom is 0.261 e.